The van der Waals surface area contributed by atoms with Crippen molar-refractivity contribution >= 4 is 80.3 Å². The molecule has 1 aliphatic carbocycles. The molecule has 0 fully saturated rings. The van der Waals surface area contributed by atoms with Crippen LogP contribution in [-0.4, -0.2) is 23.3 Å². The lowest BCUT2D eigenvalue weighted by Gasteiger charge is -2.29. The van der Waals surface area contributed by atoms with Crippen LogP contribution in [0.25, 0.3) is 5.70 Å². The van der Waals surface area contributed by atoms with Crippen LogP contribution < -0.4 is 5.73 Å². The molecule has 148 valence electrons. The third kappa shape index (κ3) is 4.21. The second kappa shape index (κ2) is 7.65. The van der Waals surface area contributed by atoms with Crippen molar-refractivity contribution in [3.8, 4) is 6.07 Å². The Hall–Kier alpha value is -0.630. The summed E-state index contributed by atoms with van der Waals surface area (Å²) in [6.45, 7) is 1.24. The van der Waals surface area contributed by atoms with Crippen LogP contribution in [0.1, 0.15) is 12.6 Å². The summed E-state index contributed by atoms with van der Waals surface area (Å²) in [5.74, 6) is -3.54. The molecule has 3 unspecified atom stereocenters. The van der Waals surface area contributed by atoms with E-state index in [-0.39, 0.29) is 10.7 Å². The fourth-order valence-electron chi connectivity index (χ4n) is 2.41. The highest BCUT2D eigenvalue weighted by molar-refractivity contribution is 7.91. The molecule has 0 radical (unpaired) electrons. The summed E-state index contributed by atoms with van der Waals surface area (Å²) in [4.78, 5) is -0.399. The van der Waals surface area contributed by atoms with Crippen molar-refractivity contribution in [1.82, 2.24) is 9.78 Å². The van der Waals surface area contributed by atoms with Gasteiger partial charge in [-0.3, -0.25) is 0 Å². The van der Waals surface area contributed by atoms with Crippen LogP contribution in [0, 0.1) is 23.2 Å². The summed E-state index contributed by atoms with van der Waals surface area (Å²) in [5.41, 5.74) is 5.24. The van der Waals surface area contributed by atoms with Gasteiger partial charge in [0, 0.05) is 11.0 Å². The fraction of sp³-hybridized carbons (Fsp3) is 0.385. The van der Waals surface area contributed by atoms with Crippen LogP contribution in [0.15, 0.2) is 21.0 Å². The van der Waals surface area contributed by atoms with Gasteiger partial charge in [-0.15, -0.1) is 0 Å². The lowest BCUT2D eigenvalue weighted by atomic mass is 9.88. The van der Waals surface area contributed by atoms with Gasteiger partial charge in [0.25, 0.3) is 3.12 Å². The summed E-state index contributed by atoms with van der Waals surface area (Å²) >= 11 is 28.9. The van der Waals surface area contributed by atoms with Gasteiger partial charge in [0.05, 0.1) is 11.0 Å². The maximum Gasteiger partial charge on any atom is 0.395 e. The van der Waals surface area contributed by atoms with Crippen LogP contribution >= 0.6 is 58.0 Å². The van der Waals surface area contributed by atoms with E-state index in [1.165, 1.54) is 6.92 Å². The molecule has 0 saturated heterocycles. The van der Waals surface area contributed by atoms with Crippen LogP contribution in [0.3, 0.4) is 0 Å². The van der Waals surface area contributed by atoms with E-state index in [0.29, 0.717) is 0 Å². The Morgan fingerprint density at radius 1 is 1.33 bits per heavy atom. The van der Waals surface area contributed by atoms with E-state index in [9.17, 15) is 22.6 Å². The Labute approximate surface area is 178 Å². The molecule has 0 saturated carbocycles. The van der Waals surface area contributed by atoms with Gasteiger partial charge in [0.1, 0.15) is 33.3 Å². The van der Waals surface area contributed by atoms with Crippen molar-refractivity contribution in [1.29, 1.82) is 5.26 Å². The first-order chi connectivity index (χ1) is 12.2. The quantitative estimate of drug-likeness (QED) is 0.568. The number of hydrogen-bond donors (Lipinski definition) is 1. The summed E-state index contributed by atoms with van der Waals surface area (Å²) < 4.78 is 50.3. The number of nitrogens with two attached hydrogens (primary N) is 1. The van der Waals surface area contributed by atoms with Gasteiger partial charge >= 0.3 is 6.18 Å². The number of rotatable bonds is 2. The molecule has 1 heterocycles. The molecule has 1 aromatic heterocycles. The summed E-state index contributed by atoms with van der Waals surface area (Å²) in [5, 5.41) is 12.3. The molecule has 0 spiro atoms. The minimum absolute atomic E-state index is 0.187. The molecular weight excluding hydrogens is 494 g/mol. The first-order valence-electron chi connectivity index (χ1n) is 6.83. The van der Waals surface area contributed by atoms with Gasteiger partial charge < -0.3 is 5.73 Å². The largest absolute Gasteiger partial charge is 0.395 e. The second-order valence-corrected chi connectivity index (χ2v) is 10.7. The average Bonchev–Trinajstić information content (AvgIpc) is 2.85. The van der Waals surface area contributed by atoms with E-state index >= 15 is 0 Å². The number of nitriles is 1. The smallest absolute Gasteiger partial charge is 0.383 e. The molecule has 0 bridgehead atoms. The second-order valence-electron chi connectivity index (χ2n) is 5.37. The summed E-state index contributed by atoms with van der Waals surface area (Å²) in [6, 6.07) is 1.63. The molecule has 27 heavy (non-hydrogen) atoms. The van der Waals surface area contributed by atoms with E-state index in [1.54, 1.807) is 6.07 Å². The molecule has 1 aliphatic rings. The van der Waals surface area contributed by atoms with Gasteiger partial charge in [0.2, 0.25) is 0 Å². The number of nitrogens with zero attached hydrogens (tertiary/aromatic N) is 3. The van der Waals surface area contributed by atoms with Gasteiger partial charge in [0.15, 0.2) is 5.69 Å². The first-order valence-corrected chi connectivity index (χ1v) is 9.87. The van der Waals surface area contributed by atoms with Crippen molar-refractivity contribution in [3.05, 3.63) is 21.8 Å². The number of halogens is 8. The van der Waals surface area contributed by atoms with Crippen molar-refractivity contribution < 1.29 is 17.4 Å². The Morgan fingerprint density at radius 3 is 2.33 bits per heavy atom. The van der Waals surface area contributed by atoms with E-state index < -0.39 is 53.4 Å². The van der Waals surface area contributed by atoms with E-state index in [4.69, 9.17) is 63.7 Å². The lowest BCUT2D eigenvalue weighted by Crippen LogP contribution is -2.31. The Bertz CT molecular complexity index is 913. The number of nitrogen functional groups attached to an aromatic ring is 1. The standard InChI is InChI=1S/C13H8Cl5F3N4OS/c1-4-5(12(19,20)21)2-6(14)9(8(4)15)25-11(23)10(7(3-22)24-25)27(26)13(16,17)18/h2,4-5H,23H2,1H3. The van der Waals surface area contributed by atoms with Crippen molar-refractivity contribution in [2.24, 2.45) is 11.8 Å². The van der Waals surface area contributed by atoms with Crippen molar-refractivity contribution in [2.45, 2.75) is 21.1 Å². The zero-order valence-corrected chi connectivity index (χ0v) is 17.6. The lowest BCUT2D eigenvalue weighted by molar-refractivity contribution is -0.169. The van der Waals surface area contributed by atoms with Gasteiger partial charge in [-0.05, 0) is 0 Å². The monoisotopic (exact) mass is 500 g/mol. The van der Waals surface area contributed by atoms with Crippen LogP contribution in [0.2, 0.25) is 0 Å². The highest BCUT2D eigenvalue weighted by Crippen LogP contribution is 2.47. The highest BCUT2D eigenvalue weighted by atomic mass is 35.6. The normalized spacial score (nSPS) is 22.4. The van der Waals surface area contributed by atoms with Crippen molar-refractivity contribution in [2.75, 3.05) is 5.73 Å². The topological polar surface area (TPSA) is 84.7 Å². The Balaban J connectivity index is 2.69. The molecule has 2 N–H and O–H groups in total. The third-order valence-electron chi connectivity index (χ3n) is 3.68. The molecule has 0 aliphatic heterocycles. The molecule has 14 heteroatoms. The maximum atomic E-state index is 13.1. The number of allylic oxidation sites excluding steroid dienone is 4. The molecular formula is C13H8Cl5F3N4OS. The molecule has 0 amide bonds. The maximum absolute atomic E-state index is 13.1. The summed E-state index contributed by atoms with van der Waals surface area (Å²) in [6.07, 6.45) is -3.83. The van der Waals surface area contributed by atoms with Gasteiger partial charge in [-0.25, -0.2) is 8.89 Å². The molecule has 3 atom stereocenters. The average molecular weight is 503 g/mol. The SMILES string of the molecule is CC1C(Cl)=C(n2nc(C#N)c(S(=O)C(Cl)(Cl)Cl)c2N)C(Cl)=CC1C(F)(F)F. The van der Waals surface area contributed by atoms with Crippen LogP contribution in [-0.2, 0) is 10.8 Å². The van der Waals surface area contributed by atoms with Crippen LogP contribution in [0.5, 0.6) is 0 Å². The fourth-order valence-corrected chi connectivity index (χ4v) is 4.56. The minimum atomic E-state index is -4.58. The Morgan fingerprint density at radius 2 is 1.89 bits per heavy atom. The third-order valence-corrected chi connectivity index (χ3v) is 6.97. The van der Waals surface area contributed by atoms with E-state index in [2.05, 4.69) is 5.10 Å². The molecule has 5 nitrogen and oxygen atoms in total. The van der Waals surface area contributed by atoms with E-state index in [1.807, 2.05) is 0 Å². The molecule has 0 aromatic carbocycles. The first kappa shape index (κ1) is 22.7. The zero-order valence-electron chi connectivity index (χ0n) is 13.0. The summed E-state index contributed by atoms with van der Waals surface area (Å²) in [7, 11) is -2.40. The van der Waals surface area contributed by atoms with Gasteiger partial charge in [-0.2, -0.15) is 23.5 Å². The predicted octanol–water partition coefficient (Wildman–Crippen LogP) is 5.13. The van der Waals surface area contributed by atoms with E-state index in [0.717, 1.165) is 10.8 Å². The minimum Gasteiger partial charge on any atom is -0.383 e. The van der Waals surface area contributed by atoms with Crippen molar-refractivity contribution in [3.63, 3.8) is 0 Å². The number of alkyl halides is 6. The number of aromatic nitrogens is 2. The molecule has 2 rings (SSSR count). The number of hydrogen-bond acceptors (Lipinski definition) is 4. The zero-order chi connectivity index (χ0) is 20.9. The Kier molecular flexibility index (Phi) is 6.42. The van der Waals surface area contributed by atoms with Gasteiger partial charge in [-0.1, -0.05) is 71.0 Å². The predicted molar refractivity (Wildman–Crippen MR) is 99.8 cm³/mol. The molecule has 1 aromatic rings. The highest BCUT2D eigenvalue weighted by Gasteiger charge is 2.46. The number of anilines is 1. The van der Waals surface area contributed by atoms with Crippen LogP contribution in [0.4, 0.5) is 19.0 Å².